The van der Waals surface area contributed by atoms with Crippen LogP contribution in [0.25, 0.3) is 22.0 Å². The molecule has 0 saturated heterocycles. The fraction of sp³-hybridized carbons (Fsp3) is 0.190. The second kappa shape index (κ2) is 7.35. The van der Waals surface area contributed by atoms with E-state index >= 15 is 0 Å². The van der Waals surface area contributed by atoms with E-state index in [0.717, 1.165) is 10.9 Å². The van der Waals surface area contributed by atoms with Gasteiger partial charge in [0.15, 0.2) is 6.29 Å². The Morgan fingerprint density at radius 2 is 1.88 bits per heavy atom. The van der Waals surface area contributed by atoms with E-state index in [4.69, 9.17) is 0 Å². The van der Waals surface area contributed by atoms with Crippen LogP contribution in [0.15, 0.2) is 48.5 Å². The van der Waals surface area contributed by atoms with Gasteiger partial charge in [0.05, 0.1) is 11.3 Å². The van der Waals surface area contributed by atoms with Crippen LogP contribution in [0, 0.1) is 0 Å². The number of hydrogen-bond donors (Lipinski definition) is 1. The normalized spacial score (nSPS) is 10.7. The van der Waals surface area contributed by atoms with Crippen LogP contribution in [-0.4, -0.2) is 40.3 Å². The molecule has 0 aliphatic heterocycles. The largest absolute Gasteiger partial charge is 0.507 e. The highest BCUT2D eigenvalue weighted by Gasteiger charge is 2.15. The molecular weight excluding hydrogens is 328 g/mol. The first kappa shape index (κ1) is 17.6. The maximum Gasteiger partial charge on any atom is 0.272 e. The number of fused-ring (bicyclic) bond motifs is 1. The minimum Gasteiger partial charge on any atom is -0.507 e. The van der Waals surface area contributed by atoms with Crippen molar-refractivity contribution < 1.29 is 14.7 Å². The first-order chi connectivity index (χ1) is 12.6. The van der Waals surface area contributed by atoms with Crippen molar-refractivity contribution in [1.82, 2.24) is 9.88 Å². The van der Waals surface area contributed by atoms with Crippen molar-refractivity contribution in [3.63, 3.8) is 0 Å². The van der Waals surface area contributed by atoms with Crippen molar-refractivity contribution >= 4 is 23.0 Å². The summed E-state index contributed by atoms with van der Waals surface area (Å²) in [5, 5.41) is 11.3. The summed E-state index contributed by atoms with van der Waals surface area (Å²) in [7, 11) is 0. The zero-order valence-electron chi connectivity index (χ0n) is 14.8. The van der Waals surface area contributed by atoms with Gasteiger partial charge in [0.1, 0.15) is 11.4 Å². The molecule has 0 saturated carbocycles. The van der Waals surface area contributed by atoms with Crippen LogP contribution in [0.5, 0.6) is 5.75 Å². The van der Waals surface area contributed by atoms with Crippen molar-refractivity contribution in [3.05, 3.63) is 59.8 Å². The van der Waals surface area contributed by atoms with Gasteiger partial charge in [0.2, 0.25) is 0 Å². The van der Waals surface area contributed by atoms with E-state index < -0.39 is 0 Å². The number of amides is 1. The lowest BCUT2D eigenvalue weighted by atomic mass is 10.0. The van der Waals surface area contributed by atoms with Gasteiger partial charge in [0, 0.05) is 18.7 Å². The fourth-order valence-electron chi connectivity index (χ4n) is 3.01. The highest BCUT2D eigenvalue weighted by atomic mass is 16.3. The van der Waals surface area contributed by atoms with Crippen molar-refractivity contribution in [2.24, 2.45) is 0 Å². The van der Waals surface area contributed by atoms with Gasteiger partial charge < -0.3 is 10.0 Å². The molecule has 26 heavy (non-hydrogen) atoms. The second-order valence-electron chi connectivity index (χ2n) is 5.94. The third-order valence-corrected chi connectivity index (χ3v) is 4.47. The van der Waals surface area contributed by atoms with Gasteiger partial charge in [-0.3, -0.25) is 9.59 Å². The molecule has 0 bridgehead atoms. The quantitative estimate of drug-likeness (QED) is 0.710. The molecule has 1 N–H and O–H groups in total. The number of nitrogens with zero attached hydrogens (tertiary/aromatic N) is 2. The summed E-state index contributed by atoms with van der Waals surface area (Å²) in [5.41, 5.74) is 2.21. The highest BCUT2D eigenvalue weighted by Crippen LogP contribution is 2.29. The molecule has 1 heterocycles. The molecule has 1 amide bonds. The molecule has 3 aromatic rings. The summed E-state index contributed by atoms with van der Waals surface area (Å²) in [5.74, 6) is -0.129. The van der Waals surface area contributed by atoms with Gasteiger partial charge in [-0.2, -0.15) is 0 Å². The number of aldehydes is 1. The van der Waals surface area contributed by atoms with Crippen LogP contribution in [0.3, 0.4) is 0 Å². The Morgan fingerprint density at radius 3 is 2.58 bits per heavy atom. The van der Waals surface area contributed by atoms with Gasteiger partial charge in [-0.05, 0) is 48.9 Å². The molecule has 5 heteroatoms. The SMILES string of the molecule is CCN(CC)C(=O)c1cccc(-c2ccc3c(C=O)c(O)ccc3c2)n1. The number of benzene rings is 2. The Balaban J connectivity index is 2.04. The number of hydrogen-bond acceptors (Lipinski definition) is 4. The van der Waals surface area contributed by atoms with Crippen molar-refractivity contribution in [2.45, 2.75) is 13.8 Å². The Bertz CT molecular complexity index is 978. The Labute approximate surface area is 151 Å². The zero-order valence-corrected chi connectivity index (χ0v) is 14.8. The lowest BCUT2D eigenvalue weighted by molar-refractivity contribution is 0.0767. The number of carbonyl (C=O) groups excluding carboxylic acids is 2. The van der Waals surface area contributed by atoms with Crippen LogP contribution in [-0.2, 0) is 0 Å². The molecule has 0 radical (unpaired) electrons. The predicted molar refractivity (Wildman–Crippen MR) is 101 cm³/mol. The molecule has 0 fully saturated rings. The maximum absolute atomic E-state index is 12.5. The summed E-state index contributed by atoms with van der Waals surface area (Å²) >= 11 is 0. The monoisotopic (exact) mass is 348 g/mol. The minimum atomic E-state index is -0.0918. The van der Waals surface area contributed by atoms with E-state index in [2.05, 4.69) is 4.98 Å². The molecule has 0 aliphatic carbocycles. The van der Waals surface area contributed by atoms with Crippen LogP contribution in [0.4, 0.5) is 0 Å². The van der Waals surface area contributed by atoms with Crippen molar-refractivity contribution in [1.29, 1.82) is 0 Å². The summed E-state index contributed by atoms with van der Waals surface area (Å²) in [6.45, 7) is 5.15. The minimum absolute atomic E-state index is 0.0369. The highest BCUT2D eigenvalue weighted by molar-refractivity contribution is 6.02. The molecule has 132 valence electrons. The number of pyridine rings is 1. The van der Waals surface area contributed by atoms with Crippen LogP contribution < -0.4 is 0 Å². The number of aromatic nitrogens is 1. The van der Waals surface area contributed by atoms with Crippen molar-refractivity contribution in [2.75, 3.05) is 13.1 Å². The lowest BCUT2D eigenvalue weighted by Crippen LogP contribution is -2.31. The molecule has 5 nitrogen and oxygen atoms in total. The third-order valence-electron chi connectivity index (χ3n) is 4.47. The van der Waals surface area contributed by atoms with E-state index in [0.29, 0.717) is 36.1 Å². The maximum atomic E-state index is 12.5. The van der Waals surface area contributed by atoms with E-state index in [1.54, 1.807) is 23.1 Å². The zero-order chi connectivity index (χ0) is 18.7. The molecule has 0 aliphatic rings. The molecule has 1 aromatic heterocycles. The Hall–Kier alpha value is -3.21. The Morgan fingerprint density at radius 1 is 1.12 bits per heavy atom. The number of carbonyl (C=O) groups is 2. The standard InChI is InChI=1S/C21H20N2O3/c1-3-23(4-2)21(26)19-7-5-6-18(22-19)15-8-10-16-14(12-15)9-11-20(25)17(16)13-24/h5-13,25H,3-4H2,1-2H3. The fourth-order valence-corrected chi connectivity index (χ4v) is 3.01. The number of phenolic OH excluding ortho intramolecular Hbond substituents is 1. The number of aromatic hydroxyl groups is 1. The van der Waals surface area contributed by atoms with Crippen LogP contribution in [0.2, 0.25) is 0 Å². The van der Waals surface area contributed by atoms with Crippen LogP contribution in [0.1, 0.15) is 34.7 Å². The first-order valence-corrected chi connectivity index (χ1v) is 8.56. The summed E-state index contributed by atoms with van der Waals surface area (Å²) < 4.78 is 0. The number of rotatable bonds is 5. The average Bonchev–Trinajstić information content (AvgIpc) is 2.68. The smallest absolute Gasteiger partial charge is 0.272 e. The van der Waals surface area contributed by atoms with Gasteiger partial charge in [-0.15, -0.1) is 0 Å². The molecule has 0 unspecified atom stereocenters. The third kappa shape index (κ3) is 3.16. The number of phenols is 1. The topological polar surface area (TPSA) is 70.5 Å². The van der Waals surface area contributed by atoms with Gasteiger partial charge in [0.25, 0.3) is 5.91 Å². The second-order valence-corrected chi connectivity index (χ2v) is 5.94. The van der Waals surface area contributed by atoms with Crippen molar-refractivity contribution in [3.8, 4) is 17.0 Å². The summed E-state index contributed by atoms with van der Waals surface area (Å²) in [4.78, 5) is 30.0. The Kier molecular flexibility index (Phi) is 4.98. The molecule has 3 rings (SSSR count). The average molecular weight is 348 g/mol. The van der Waals surface area contributed by atoms with E-state index in [-0.39, 0.29) is 17.2 Å². The first-order valence-electron chi connectivity index (χ1n) is 8.56. The predicted octanol–water partition coefficient (Wildman–Crippen LogP) is 3.90. The van der Waals surface area contributed by atoms with Gasteiger partial charge in [-0.1, -0.05) is 24.3 Å². The van der Waals surface area contributed by atoms with Gasteiger partial charge >= 0.3 is 0 Å². The molecule has 2 aromatic carbocycles. The molecule has 0 atom stereocenters. The molecule has 0 spiro atoms. The van der Waals surface area contributed by atoms with Crippen LogP contribution >= 0.6 is 0 Å². The lowest BCUT2D eigenvalue weighted by Gasteiger charge is -2.18. The summed E-state index contributed by atoms with van der Waals surface area (Å²) in [6.07, 6.45) is 0.652. The molecular formula is C21H20N2O3. The van der Waals surface area contributed by atoms with E-state index in [1.165, 1.54) is 6.07 Å². The van der Waals surface area contributed by atoms with E-state index in [9.17, 15) is 14.7 Å². The van der Waals surface area contributed by atoms with E-state index in [1.807, 2.05) is 38.1 Å². The van der Waals surface area contributed by atoms with Gasteiger partial charge in [-0.25, -0.2) is 4.98 Å². The summed E-state index contributed by atoms with van der Waals surface area (Å²) in [6, 6.07) is 14.2.